The number of hydrogen-bond acceptors (Lipinski definition) is 5. The predicted octanol–water partition coefficient (Wildman–Crippen LogP) is 2.96. The standard InChI is InChI=1S/C17H17FN4O2/c1-2-23-15-6-8-16(9-7-15)24-11-10-22-20-17(19-21-22)13-4-3-5-14(18)12-13/h3-9,12H,2,10-11H2,1H3. The van der Waals surface area contributed by atoms with E-state index in [-0.39, 0.29) is 5.82 Å². The van der Waals surface area contributed by atoms with Crippen LogP contribution in [0.2, 0.25) is 0 Å². The van der Waals surface area contributed by atoms with Crippen molar-refractivity contribution in [3.8, 4) is 22.9 Å². The molecule has 0 saturated carbocycles. The Bertz CT molecular complexity index is 789. The van der Waals surface area contributed by atoms with Gasteiger partial charge in [0, 0.05) is 5.56 Å². The highest BCUT2D eigenvalue weighted by Gasteiger charge is 2.07. The smallest absolute Gasteiger partial charge is 0.205 e. The van der Waals surface area contributed by atoms with Crippen molar-refractivity contribution in [1.29, 1.82) is 0 Å². The number of benzene rings is 2. The van der Waals surface area contributed by atoms with Crippen molar-refractivity contribution in [2.24, 2.45) is 0 Å². The monoisotopic (exact) mass is 328 g/mol. The Morgan fingerprint density at radius 1 is 1.04 bits per heavy atom. The molecule has 0 fully saturated rings. The number of tetrazole rings is 1. The highest BCUT2D eigenvalue weighted by atomic mass is 19.1. The topological polar surface area (TPSA) is 62.1 Å². The second-order valence-electron chi connectivity index (χ2n) is 4.97. The molecule has 0 unspecified atom stereocenters. The molecule has 0 aliphatic carbocycles. The molecular formula is C17H17FN4O2. The van der Waals surface area contributed by atoms with Crippen molar-refractivity contribution in [2.75, 3.05) is 13.2 Å². The maximum atomic E-state index is 13.2. The van der Waals surface area contributed by atoms with E-state index >= 15 is 0 Å². The van der Waals surface area contributed by atoms with E-state index in [4.69, 9.17) is 9.47 Å². The Morgan fingerprint density at radius 3 is 2.50 bits per heavy atom. The highest BCUT2D eigenvalue weighted by Crippen LogP contribution is 2.17. The van der Waals surface area contributed by atoms with Gasteiger partial charge in [-0.1, -0.05) is 12.1 Å². The molecule has 0 aliphatic rings. The molecule has 3 rings (SSSR count). The van der Waals surface area contributed by atoms with Crippen LogP contribution < -0.4 is 9.47 Å². The van der Waals surface area contributed by atoms with Crippen molar-refractivity contribution in [3.05, 3.63) is 54.3 Å². The summed E-state index contributed by atoms with van der Waals surface area (Å²) >= 11 is 0. The Labute approximate surface area is 138 Å². The zero-order valence-electron chi connectivity index (χ0n) is 13.2. The fourth-order valence-corrected chi connectivity index (χ4v) is 2.12. The lowest BCUT2D eigenvalue weighted by molar-refractivity contribution is 0.279. The minimum absolute atomic E-state index is 0.331. The summed E-state index contributed by atoms with van der Waals surface area (Å²) in [4.78, 5) is 1.43. The first kappa shape index (κ1) is 15.9. The van der Waals surface area contributed by atoms with Crippen molar-refractivity contribution in [1.82, 2.24) is 20.2 Å². The van der Waals surface area contributed by atoms with Gasteiger partial charge in [0.2, 0.25) is 5.82 Å². The molecule has 6 nitrogen and oxygen atoms in total. The van der Waals surface area contributed by atoms with E-state index in [1.165, 1.54) is 16.9 Å². The summed E-state index contributed by atoms with van der Waals surface area (Å²) < 4.78 is 24.2. The molecule has 7 heteroatoms. The third-order valence-corrected chi connectivity index (χ3v) is 3.23. The minimum atomic E-state index is -0.331. The average molecular weight is 328 g/mol. The van der Waals surface area contributed by atoms with Crippen LogP contribution in [0.3, 0.4) is 0 Å². The minimum Gasteiger partial charge on any atom is -0.494 e. The molecule has 2 aromatic carbocycles. The van der Waals surface area contributed by atoms with Crippen LogP contribution in [-0.4, -0.2) is 33.4 Å². The van der Waals surface area contributed by atoms with Gasteiger partial charge in [0.05, 0.1) is 13.2 Å². The first-order chi connectivity index (χ1) is 11.7. The summed E-state index contributed by atoms with van der Waals surface area (Å²) in [5, 5.41) is 12.1. The molecule has 0 spiro atoms. The molecule has 0 radical (unpaired) electrons. The van der Waals surface area contributed by atoms with Crippen LogP contribution in [0.15, 0.2) is 48.5 Å². The maximum absolute atomic E-state index is 13.2. The molecule has 0 atom stereocenters. The molecule has 1 heterocycles. The Kier molecular flexibility index (Phi) is 5.00. The van der Waals surface area contributed by atoms with Crippen molar-refractivity contribution in [3.63, 3.8) is 0 Å². The molecule has 0 bridgehead atoms. The number of hydrogen-bond donors (Lipinski definition) is 0. The highest BCUT2D eigenvalue weighted by molar-refractivity contribution is 5.53. The lowest BCUT2D eigenvalue weighted by Crippen LogP contribution is -2.11. The van der Waals surface area contributed by atoms with E-state index in [1.54, 1.807) is 12.1 Å². The predicted molar refractivity (Wildman–Crippen MR) is 86.3 cm³/mol. The van der Waals surface area contributed by atoms with Crippen LogP contribution in [0.25, 0.3) is 11.4 Å². The van der Waals surface area contributed by atoms with Crippen LogP contribution in [0.1, 0.15) is 6.92 Å². The van der Waals surface area contributed by atoms with Gasteiger partial charge in [0.15, 0.2) is 0 Å². The van der Waals surface area contributed by atoms with Gasteiger partial charge in [-0.2, -0.15) is 4.80 Å². The van der Waals surface area contributed by atoms with Gasteiger partial charge in [-0.3, -0.25) is 0 Å². The molecule has 0 amide bonds. The quantitative estimate of drug-likeness (QED) is 0.667. The Hall–Kier alpha value is -2.96. The van der Waals surface area contributed by atoms with Gasteiger partial charge in [0.25, 0.3) is 0 Å². The van der Waals surface area contributed by atoms with Crippen molar-refractivity contribution >= 4 is 0 Å². The zero-order valence-corrected chi connectivity index (χ0v) is 13.2. The molecule has 24 heavy (non-hydrogen) atoms. The van der Waals surface area contributed by atoms with E-state index < -0.39 is 0 Å². The number of rotatable bonds is 7. The SMILES string of the molecule is CCOc1ccc(OCCn2nnc(-c3cccc(F)c3)n2)cc1. The lowest BCUT2D eigenvalue weighted by Gasteiger charge is -2.07. The van der Waals surface area contributed by atoms with Crippen molar-refractivity contribution in [2.45, 2.75) is 13.5 Å². The molecule has 3 aromatic rings. The first-order valence-corrected chi connectivity index (χ1v) is 7.64. The van der Waals surface area contributed by atoms with E-state index in [0.717, 1.165) is 11.5 Å². The summed E-state index contributed by atoms with van der Waals surface area (Å²) in [5.41, 5.74) is 0.591. The number of ether oxygens (including phenoxy) is 2. The van der Waals surface area contributed by atoms with Crippen molar-refractivity contribution < 1.29 is 13.9 Å². The van der Waals surface area contributed by atoms with E-state index in [9.17, 15) is 4.39 Å². The normalized spacial score (nSPS) is 10.6. The third kappa shape index (κ3) is 4.07. The second-order valence-corrected chi connectivity index (χ2v) is 4.97. The summed E-state index contributed by atoms with van der Waals surface area (Å²) in [7, 11) is 0. The molecule has 0 saturated heterocycles. The molecule has 0 aliphatic heterocycles. The van der Waals surface area contributed by atoms with Crippen LogP contribution in [0.4, 0.5) is 4.39 Å². The van der Waals surface area contributed by atoms with Crippen LogP contribution >= 0.6 is 0 Å². The second kappa shape index (κ2) is 7.54. The summed E-state index contributed by atoms with van der Waals surface area (Å²) in [6.07, 6.45) is 0. The average Bonchev–Trinajstić information content (AvgIpc) is 3.06. The fourth-order valence-electron chi connectivity index (χ4n) is 2.12. The third-order valence-electron chi connectivity index (χ3n) is 3.23. The van der Waals surface area contributed by atoms with Gasteiger partial charge >= 0.3 is 0 Å². The molecule has 0 N–H and O–H groups in total. The van der Waals surface area contributed by atoms with Gasteiger partial charge in [-0.25, -0.2) is 4.39 Å². The van der Waals surface area contributed by atoms with E-state index in [2.05, 4.69) is 15.4 Å². The van der Waals surface area contributed by atoms with E-state index in [1.807, 2.05) is 31.2 Å². The fraction of sp³-hybridized carbons (Fsp3) is 0.235. The summed E-state index contributed by atoms with van der Waals surface area (Å²) in [5.74, 6) is 1.60. The number of aromatic nitrogens is 4. The lowest BCUT2D eigenvalue weighted by atomic mass is 10.2. The number of nitrogens with zero attached hydrogens (tertiary/aromatic N) is 4. The molecule has 124 valence electrons. The summed E-state index contributed by atoms with van der Waals surface area (Å²) in [6.45, 7) is 3.40. The first-order valence-electron chi connectivity index (χ1n) is 7.64. The van der Waals surface area contributed by atoms with Gasteiger partial charge < -0.3 is 9.47 Å². The van der Waals surface area contributed by atoms with Gasteiger partial charge in [-0.05, 0) is 48.5 Å². The van der Waals surface area contributed by atoms with Crippen LogP contribution in [0.5, 0.6) is 11.5 Å². The molecule has 1 aromatic heterocycles. The molecular weight excluding hydrogens is 311 g/mol. The van der Waals surface area contributed by atoms with Crippen LogP contribution in [0, 0.1) is 5.82 Å². The Morgan fingerprint density at radius 2 is 1.79 bits per heavy atom. The van der Waals surface area contributed by atoms with Gasteiger partial charge in [-0.15, -0.1) is 10.2 Å². The maximum Gasteiger partial charge on any atom is 0.205 e. The zero-order chi connectivity index (χ0) is 16.8. The van der Waals surface area contributed by atoms with E-state index in [0.29, 0.717) is 31.1 Å². The van der Waals surface area contributed by atoms with Gasteiger partial charge in [0.1, 0.15) is 23.9 Å². The summed E-state index contributed by atoms with van der Waals surface area (Å²) in [6, 6.07) is 13.5. The van der Waals surface area contributed by atoms with Crippen LogP contribution in [-0.2, 0) is 6.54 Å². The number of halogens is 1. The largest absolute Gasteiger partial charge is 0.494 e. The Balaban J connectivity index is 1.54.